The largest absolute Gasteiger partial charge is 0.320 e. The van der Waals surface area contributed by atoms with E-state index in [1.807, 2.05) is 6.92 Å². The van der Waals surface area contributed by atoms with Crippen molar-refractivity contribution in [1.82, 2.24) is 15.2 Å². The van der Waals surface area contributed by atoms with Crippen LogP contribution in [0.5, 0.6) is 0 Å². The zero-order valence-corrected chi connectivity index (χ0v) is 7.27. The van der Waals surface area contributed by atoms with Crippen LogP contribution in [-0.2, 0) is 4.79 Å². The van der Waals surface area contributed by atoms with Crippen LogP contribution >= 0.6 is 0 Å². The zero-order valence-electron chi connectivity index (χ0n) is 7.27. The number of hydrogen-bond acceptors (Lipinski definition) is 5. The highest BCUT2D eigenvalue weighted by Gasteiger charge is 2.11. The number of aromatic nitrogens is 3. The summed E-state index contributed by atoms with van der Waals surface area (Å²) < 4.78 is 0. The third-order valence-electron chi connectivity index (χ3n) is 1.49. The lowest BCUT2D eigenvalue weighted by Gasteiger charge is -2.07. The first-order valence-corrected chi connectivity index (χ1v) is 3.94. The summed E-state index contributed by atoms with van der Waals surface area (Å²) in [6, 6.07) is -0.524. The molecule has 6 nitrogen and oxygen atoms in total. The highest BCUT2D eigenvalue weighted by molar-refractivity contribution is 5.92. The van der Waals surface area contributed by atoms with Gasteiger partial charge in [-0.3, -0.25) is 10.1 Å². The van der Waals surface area contributed by atoms with E-state index in [1.165, 1.54) is 12.4 Å². The van der Waals surface area contributed by atoms with E-state index in [2.05, 4.69) is 20.5 Å². The first-order chi connectivity index (χ1) is 6.24. The molecule has 0 aliphatic carbocycles. The molecule has 0 bridgehead atoms. The molecule has 1 aromatic rings. The van der Waals surface area contributed by atoms with Crippen molar-refractivity contribution in [3.63, 3.8) is 0 Å². The fourth-order valence-corrected chi connectivity index (χ4v) is 0.693. The van der Waals surface area contributed by atoms with Crippen molar-refractivity contribution in [2.75, 3.05) is 5.32 Å². The summed E-state index contributed by atoms with van der Waals surface area (Å²) in [5, 5.41) is 9.59. The number of hydrogen-bond donors (Lipinski definition) is 2. The van der Waals surface area contributed by atoms with Crippen molar-refractivity contribution in [2.24, 2.45) is 5.73 Å². The number of nitrogens with one attached hydrogen (secondary N) is 1. The minimum atomic E-state index is -0.524. The average molecular weight is 181 g/mol. The number of carbonyl (C=O) groups is 1. The highest BCUT2D eigenvalue weighted by Crippen LogP contribution is 1.94. The molecule has 1 rings (SSSR count). The van der Waals surface area contributed by atoms with Gasteiger partial charge in [0.05, 0.1) is 18.4 Å². The molecule has 1 amide bonds. The Hall–Kier alpha value is -1.56. The Kier molecular flexibility index (Phi) is 3.27. The van der Waals surface area contributed by atoms with Gasteiger partial charge in [0.1, 0.15) is 0 Å². The molecule has 1 atom stereocenters. The van der Waals surface area contributed by atoms with E-state index in [-0.39, 0.29) is 11.9 Å². The Labute approximate surface area is 75.6 Å². The van der Waals surface area contributed by atoms with Crippen molar-refractivity contribution in [2.45, 2.75) is 19.4 Å². The molecule has 0 saturated heterocycles. The van der Waals surface area contributed by atoms with Crippen LogP contribution in [0.2, 0.25) is 0 Å². The van der Waals surface area contributed by atoms with Crippen molar-refractivity contribution >= 4 is 11.9 Å². The maximum atomic E-state index is 11.2. The molecule has 0 aliphatic rings. The van der Waals surface area contributed by atoms with Gasteiger partial charge in [-0.25, -0.2) is 4.98 Å². The van der Waals surface area contributed by atoms with Crippen LogP contribution in [0, 0.1) is 0 Å². The lowest BCUT2D eigenvalue weighted by Crippen LogP contribution is -2.35. The molecule has 3 N–H and O–H groups in total. The standard InChI is InChI=1S/C7H11N5O/c1-2-5(8)6(13)11-7-9-3-4-10-12-7/h3-5H,2,8H2,1H3,(H,9,11,12,13)/t5-/m1/s1. The first kappa shape index (κ1) is 9.53. The molecular formula is C7H11N5O. The fraction of sp³-hybridized carbons (Fsp3) is 0.429. The molecule has 1 aromatic heterocycles. The van der Waals surface area contributed by atoms with Gasteiger partial charge in [-0.15, -0.1) is 5.10 Å². The van der Waals surface area contributed by atoms with Crippen molar-refractivity contribution in [3.8, 4) is 0 Å². The maximum Gasteiger partial charge on any atom is 0.249 e. The Bertz CT molecular complexity index is 275. The zero-order chi connectivity index (χ0) is 9.68. The summed E-state index contributed by atoms with van der Waals surface area (Å²) in [5.41, 5.74) is 5.48. The van der Waals surface area contributed by atoms with E-state index < -0.39 is 6.04 Å². The van der Waals surface area contributed by atoms with E-state index in [0.29, 0.717) is 6.42 Å². The van der Waals surface area contributed by atoms with Gasteiger partial charge in [0.25, 0.3) is 0 Å². The van der Waals surface area contributed by atoms with E-state index in [1.54, 1.807) is 0 Å². The van der Waals surface area contributed by atoms with Gasteiger partial charge in [-0.1, -0.05) is 6.92 Å². The predicted molar refractivity (Wildman–Crippen MR) is 46.7 cm³/mol. The normalized spacial score (nSPS) is 12.2. The molecule has 6 heteroatoms. The smallest absolute Gasteiger partial charge is 0.249 e. The van der Waals surface area contributed by atoms with Crippen LogP contribution in [0.25, 0.3) is 0 Å². The van der Waals surface area contributed by atoms with Crippen LogP contribution in [0.1, 0.15) is 13.3 Å². The van der Waals surface area contributed by atoms with Crippen LogP contribution in [0.3, 0.4) is 0 Å². The Morgan fingerprint density at radius 2 is 2.46 bits per heavy atom. The average Bonchev–Trinajstić information content (AvgIpc) is 2.18. The van der Waals surface area contributed by atoms with Gasteiger partial charge in [0, 0.05) is 0 Å². The predicted octanol–water partition coefficient (Wildman–Crippen LogP) is -0.453. The van der Waals surface area contributed by atoms with Crippen LogP contribution in [0.4, 0.5) is 5.95 Å². The quantitative estimate of drug-likeness (QED) is 0.658. The summed E-state index contributed by atoms with van der Waals surface area (Å²) in [5.74, 6) is -0.119. The minimum absolute atomic E-state index is 0.177. The molecule has 0 aliphatic heterocycles. The monoisotopic (exact) mass is 181 g/mol. The third-order valence-corrected chi connectivity index (χ3v) is 1.49. The number of carbonyl (C=O) groups excluding carboxylic acids is 1. The molecule has 0 fully saturated rings. The lowest BCUT2D eigenvalue weighted by atomic mass is 10.2. The SMILES string of the molecule is CC[C@@H](N)C(=O)Nc1nccnn1. The second-order valence-corrected chi connectivity index (χ2v) is 2.47. The molecule has 0 saturated carbocycles. The Morgan fingerprint density at radius 3 is 3.00 bits per heavy atom. The van der Waals surface area contributed by atoms with Crippen molar-refractivity contribution in [3.05, 3.63) is 12.4 Å². The molecule has 13 heavy (non-hydrogen) atoms. The Balaban J connectivity index is 2.55. The molecule has 0 unspecified atom stereocenters. The van der Waals surface area contributed by atoms with Crippen LogP contribution < -0.4 is 11.1 Å². The molecule has 1 heterocycles. The number of amides is 1. The maximum absolute atomic E-state index is 11.2. The number of nitrogens with zero attached hydrogens (tertiary/aromatic N) is 3. The van der Waals surface area contributed by atoms with Crippen LogP contribution in [0.15, 0.2) is 12.4 Å². The third kappa shape index (κ3) is 2.75. The van der Waals surface area contributed by atoms with Crippen LogP contribution in [-0.4, -0.2) is 27.1 Å². The summed E-state index contributed by atoms with van der Waals surface area (Å²) in [4.78, 5) is 15.0. The van der Waals surface area contributed by atoms with E-state index >= 15 is 0 Å². The second kappa shape index (κ2) is 4.46. The number of nitrogens with two attached hydrogens (primary N) is 1. The number of rotatable bonds is 3. The minimum Gasteiger partial charge on any atom is -0.320 e. The Morgan fingerprint density at radius 1 is 1.69 bits per heavy atom. The van der Waals surface area contributed by atoms with Gasteiger partial charge in [-0.05, 0) is 6.42 Å². The summed E-state index contributed by atoms with van der Waals surface area (Å²) in [6.45, 7) is 1.83. The fourth-order valence-electron chi connectivity index (χ4n) is 0.693. The topological polar surface area (TPSA) is 93.8 Å². The van der Waals surface area contributed by atoms with Gasteiger partial charge in [0.2, 0.25) is 11.9 Å². The van der Waals surface area contributed by atoms with E-state index in [0.717, 1.165) is 0 Å². The van der Waals surface area contributed by atoms with E-state index in [9.17, 15) is 4.79 Å². The summed E-state index contributed by atoms with van der Waals surface area (Å²) >= 11 is 0. The van der Waals surface area contributed by atoms with Gasteiger partial charge < -0.3 is 5.73 Å². The van der Waals surface area contributed by atoms with Gasteiger partial charge in [-0.2, -0.15) is 5.10 Å². The molecule has 0 radical (unpaired) electrons. The number of anilines is 1. The first-order valence-electron chi connectivity index (χ1n) is 3.94. The van der Waals surface area contributed by atoms with Crippen molar-refractivity contribution in [1.29, 1.82) is 0 Å². The lowest BCUT2D eigenvalue weighted by molar-refractivity contribution is -0.117. The van der Waals surface area contributed by atoms with Crippen molar-refractivity contribution < 1.29 is 4.79 Å². The van der Waals surface area contributed by atoms with Gasteiger partial charge in [0.15, 0.2) is 0 Å². The molecule has 0 aromatic carbocycles. The second-order valence-electron chi connectivity index (χ2n) is 2.47. The van der Waals surface area contributed by atoms with Gasteiger partial charge >= 0.3 is 0 Å². The summed E-state index contributed by atoms with van der Waals surface area (Å²) in [7, 11) is 0. The summed E-state index contributed by atoms with van der Waals surface area (Å²) in [6.07, 6.45) is 3.45. The molecule has 70 valence electrons. The molecule has 0 spiro atoms. The molecular weight excluding hydrogens is 170 g/mol. The highest BCUT2D eigenvalue weighted by atomic mass is 16.2. The van der Waals surface area contributed by atoms with E-state index in [4.69, 9.17) is 5.73 Å².